The number of nitrogens with one attached hydrogen (secondary N) is 4. The van der Waals surface area contributed by atoms with Crippen LogP contribution in [0.4, 0.5) is 11.4 Å². The van der Waals surface area contributed by atoms with E-state index in [1.165, 1.54) is 0 Å². The fourth-order valence-electron chi connectivity index (χ4n) is 3.30. The summed E-state index contributed by atoms with van der Waals surface area (Å²) < 4.78 is 4.97. The summed E-state index contributed by atoms with van der Waals surface area (Å²) in [5.41, 5.74) is 3.13. The Morgan fingerprint density at radius 2 is 1.43 bits per heavy atom. The lowest BCUT2D eigenvalue weighted by Crippen LogP contribution is -2.25. The minimum Gasteiger partial charge on any atom is -0.385 e. The molecule has 3 rings (SSSR count). The lowest BCUT2D eigenvalue weighted by atomic mass is 10.1. The summed E-state index contributed by atoms with van der Waals surface area (Å²) in [6.45, 7) is 1.53. The van der Waals surface area contributed by atoms with Gasteiger partial charge in [-0.05, 0) is 48.4 Å². The van der Waals surface area contributed by atoms with Crippen LogP contribution in [-0.2, 0) is 16.1 Å². The largest absolute Gasteiger partial charge is 0.385 e. The highest BCUT2D eigenvalue weighted by Gasteiger charge is 2.09. The normalized spacial score (nSPS) is 10.3. The first-order valence-electron chi connectivity index (χ1n) is 11.4. The molecule has 4 N–H and O–H groups in total. The fourth-order valence-corrected chi connectivity index (χ4v) is 3.30. The number of methoxy groups -OCH3 is 1. The summed E-state index contributed by atoms with van der Waals surface area (Å²) in [6, 6.07) is 23.3. The molecule has 8 heteroatoms. The molecule has 0 heterocycles. The molecule has 0 aliphatic carbocycles. The zero-order valence-electron chi connectivity index (χ0n) is 19.7. The topological polar surface area (TPSA) is 109 Å². The van der Waals surface area contributed by atoms with Crippen LogP contribution in [0.15, 0.2) is 78.9 Å². The van der Waals surface area contributed by atoms with Gasteiger partial charge in [-0.15, -0.1) is 0 Å². The van der Waals surface area contributed by atoms with Gasteiger partial charge in [0.05, 0.1) is 6.54 Å². The average Bonchev–Trinajstić information content (AvgIpc) is 2.89. The maximum absolute atomic E-state index is 12.5. The summed E-state index contributed by atoms with van der Waals surface area (Å²) in [7, 11) is 1.62. The maximum Gasteiger partial charge on any atom is 0.251 e. The van der Waals surface area contributed by atoms with Crippen LogP contribution in [0.2, 0.25) is 0 Å². The molecule has 3 amide bonds. The van der Waals surface area contributed by atoms with Crippen molar-refractivity contribution in [3.63, 3.8) is 0 Å². The summed E-state index contributed by atoms with van der Waals surface area (Å²) >= 11 is 0. The van der Waals surface area contributed by atoms with Gasteiger partial charge < -0.3 is 26.0 Å². The van der Waals surface area contributed by atoms with Crippen molar-refractivity contribution in [1.82, 2.24) is 10.6 Å². The van der Waals surface area contributed by atoms with Gasteiger partial charge in [-0.25, -0.2) is 0 Å². The molecule has 0 unspecified atom stereocenters. The van der Waals surface area contributed by atoms with Crippen LogP contribution in [0.25, 0.3) is 0 Å². The van der Waals surface area contributed by atoms with Crippen LogP contribution < -0.4 is 21.3 Å². The van der Waals surface area contributed by atoms with Gasteiger partial charge in [-0.3, -0.25) is 14.4 Å². The Morgan fingerprint density at radius 1 is 0.771 bits per heavy atom. The van der Waals surface area contributed by atoms with Crippen LogP contribution in [0.3, 0.4) is 0 Å². The summed E-state index contributed by atoms with van der Waals surface area (Å²) in [6.07, 6.45) is 0.732. The van der Waals surface area contributed by atoms with Crippen LogP contribution in [0, 0.1) is 0 Å². The molecule has 0 aliphatic heterocycles. The van der Waals surface area contributed by atoms with E-state index in [-0.39, 0.29) is 24.3 Å². The Hall–Kier alpha value is -4.17. The Bertz CT molecular complexity index is 1130. The first-order chi connectivity index (χ1) is 17.0. The van der Waals surface area contributed by atoms with Gasteiger partial charge in [-0.1, -0.05) is 42.5 Å². The third kappa shape index (κ3) is 8.60. The molecule has 3 aromatic carbocycles. The molecule has 0 aromatic heterocycles. The highest BCUT2D eigenvalue weighted by molar-refractivity contribution is 5.98. The third-order valence-corrected chi connectivity index (χ3v) is 5.09. The maximum atomic E-state index is 12.5. The van der Waals surface area contributed by atoms with Crippen LogP contribution in [0.5, 0.6) is 0 Å². The molecule has 182 valence electrons. The van der Waals surface area contributed by atoms with Crippen molar-refractivity contribution in [3.05, 3.63) is 95.6 Å². The molecule has 0 fully saturated rings. The number of ether oxygens (including phenoxy) is 1. The second-order valence-corrected chi connectivity index (χ2v) is 7.83. The van der Waals surface area contributed by atoms with Gasteiger partial charge >= 0.3 is 0 Å². The van der Waals surface area contributed by atoms with E-state index >= 15 is 0 Å². The lowest BCUT2D eigenvalue weighted by Gasteiger charge is -2.11. The van der Waals surface area contributed by atoms with E-state index in [4.69, 9.17) is 4.74 Å². The minimum atomic E-state index is -0.277. The van der Waals surface area contributed by atoms with Gasteiger partial charge in [0.1, 0.15) is 0 Å². The number of anilines is 2. The zero-order valence-corrected chi connectivity index (χ0v) is 19.7. The lowest BCUT2D eigenvalue weighted by molar-refractivity contribution is -0.114. The van der Waals surface area contributed by atoms with Crippen LogP contribution in [0.1, 0.15) is 32.7 Å². The van der Waals surface area contributed by atoms with E-state index in [1.54, 1.807) is 55.6 Å². The highest BCUT2D eigenvalue weighted by Crippen LogP contribution is 2.13. The Morgan fingerprint density at radius 3 is 2.14 bits per heavy atom. The molecule has 0 aliphatic rings. The van der Waals surface area contributed by atoms with E-state index in [9.17, 15) is 14.4 Å². The van der Waals surface area contributed by atoms with E-state index in [0.29, 0.717) is 42.2 Å². The van der Waals surface area contributed by atoms with Crippen LogP contribution in [-0.4, -0.2) is 44.5 Å². The average molecular weight is 475 g/mol. The number of carbonyl (C=O) groups excluding carboxylic acids is 3. The second kappa shape index (κ2) is 13.5. The van der Waals surface area contributed by atoms with Crippen molar-refractivity contribution in [2.75, 3.05) is 37.4 Å². The van der Waals surface area contributed by atoms with E-state index in [1.807, 2.05) is 30.3 Å². The number of benzene rings is 3. The predicted octanol–water partition coefficient (Wildman–Crippen LogP) is 3.43. The van der Waals surface area contributed by atoms with Crippen molar-refractivity contribution < 1.29 is 19.1 Å². The quantitative estimate of drug-likeness (QED) is 0.301. The van der Waals surface area contributed by atoms with Crippen molar-refractivity contribution in [3.8, 4) is 0 Å². The smallest absolute Gasteiger partial charge is 0.251 e. The van der Waals surface area contributed by atoms with Gasteiger partial charge in [0.2, 0.25) is 5.91 Å². The predicted molar refractivity (Wildman–Crippen MR) is 136 cm³/mol. The summed E-state index contributed by atoms with van der Waals surface area (Å²) in [5.74, 6) is -0.682. The molecule has 35 heavy (non-hydrogen) atoms. The molecule has 0 spiro atoms. The first kappa shape index (κ1) is 25.5. The molecular formula is C27H30N4O4. The molecule has 3 aromatic rings. The number of hydrogen-bond acceptors (Lipinski definition) is 5. The molecule has 0 bridgehead atoms. The standard InChI is InChI=1S/C27H30N4O4/c1-35-15-7-14-28-26(33)21-10-5-12-23(16-21)29-19-25(32)31-24-13-6-11-22(17-24)27(34)30-18-20-8-3-2-4-9-20/h2-6,8-13,16-17,29H,7,14-15,18-19H2,1H3,(H,28,33)(H,30,34)(H,31,32). The first-order valence-corrected chi connectivity index (χ1v) is 11.4. The summed E-state index contributed by atoms with van der Waals surface area (Å²) in [5, 5.41) is 11.5. The molecule has 0 saturated carbocycles. The molecule has 0 radical (unpaired) electrons. The zero-order chi connectivity index (χ0) is 24.9. The number of amides is 3. The van der Waals surface area contributed by atoms with Gasteiger partial charge in [-0.2, -0.15) is 0 Å². The third-order valence-electron chi connectivity index (χ3n) is 5.09. The second-order valence-electron chi connectivity index (χ2n) is 7.83. The Labute approximate surface area is 205 Å². The fraction of sp³-hybridized carbons (Fsp3) is 0.222. The Balaban J connectivity index is 1.48. The monoisotopic (exact) mass is 474 g/mol. The molecular weight excluding hydrogens is 444 g/mol. The van der Waals surface area contributed by atoms with Gasteiger partial charge in [0.25, 0.3) is 11.8 Å². The van der Waals surface area contributed by atoms with Crippen molar-refractivity contribution in [1.29, 1.82) is 0 Å². The highest BCUT2D eigenvalue weighted by atomic mass is 16.5. The molecule has 8 nitrogen and oxygen atoms in total. The van der Waals surface area contributed by atoms with Crippen molar-refractivity contribution in [2.24, 2.45) is 0 Å². The summed E-state index contributed by atoms with van der Waals surface area (Å²) in [4.78, 5) is 37.2. The Kier molecular flexibility index (Phi) is 9.83. The van der Waals surface area contributed by atoms with E-state index < -0.39 is 0 Å². The van der Waals surface area contributed by atoms with E-state index in [0.717, 1.165) is 12.0 Å². The number of carbonyl (C=O) groups is 3. The molecule has 0 atom stereocenters. The molecule has 0 saturated heterocycles. The SMILES string of the molecule is COCCCNC(=O)c1cccc(NCC(=O)Nc2cccc(C(=O)NCc3ccccc3)c2)c1. The van der Waals surface area contributed by atoms with Crippen molar-refractivity contribution in [2.45, 2.75) is 13.0 Å². The van der Waals surface area contributed by atoms with Gasteiger partial charge in [0, 0.05) is 49.3 Å². The van der Waals surface area contributed by atoms with Crippen LogP contribution >= 0.6 is 0 Å². The number of hydrogen-bond donors (Lipinski definition) is 4. The van der Waals surface area contributed by atoms with Crippen molar-refractivity contribution >= 4 is 29.1 Å². The van der Waals surface area contributed by atoms with Gasteiger partial charge in [0.15, 0.2) is 0 Å². The number of rotatable bonds is 12. The van der Waals surface area contributed by atoms with E-state index in [2.05, 4.69) is 21.3 Å². The minimum absolute atomic E-state index is 0.00332.